The van der Waals surface area contributed by atoms with Crippen LogP contribution in [-0.4, -0.2) is 22.8 Å². The molecule has 0 spiro atoms. The summed E-state index contributed by atoms with van der Waals surface area (Å²) in [6, 6.07) is 13.4. The number of benzene rings is 2. The number of hydrogen-bond acceptors (Lipinski definition) is 3. The Balaban J connectivity index is 1.74. The van der Waals surface area contributed by atoms with Gasteiger partial charge >= 0.3 is 0 Å². The maximum absolute atomic E-state index is 6.25. The highest BCUT2D eigenvalue weighted by atomic mass is 35.5. The number of halogens is 2. The molecule has 0 saturated heterocycles. The minimum Gasteiger partial charge on any atom is -0.491 e. The van der Waals surface area contributed by atoms with Gasteiger partial charge in [-0.15, -0.1) is 0 Å². The molecular formula is C20H20Cl2N2O2. The number of hydrogen-bond donors (Lipinski definition) is 0. The van der Waals surface area contributed by atoms with Crippen LogP contribution in [0.1, 0.15) is 12.0 Å². The fourth-order valence-corrected chi connectivity index (χ4v) is 3.12. The second kappa shape index (κ2) is 8.97. The number of ether oxygens (including phenoxy) is 2. The zero-order valence-corrected chi connectivity index (χ0v) is 16.0. The van der Waals surface area contributed by atoms with Gasteiger partial charge in [0.1, 0.15) is 6.10 Å². The van der Waals surface area contributed by atoms with Crippen molar-refractivity contribution >= 4 is 23.2 Å². The van der Waals surface area contributed by atoms with Crippen LogP contribution in [-0.2, 0) is 13.0 Å². The van der Waals surface area contributed by atoms with Crippen molar-refractivity contribution < 1.29 is 9.47 Å². The van der Waals surface area contributed by atoms with Crippen molar-refractivity contribution in [1.29, 1.82) is 0 Å². The average Bonchev–Trinajstić information content (AvgIpc) is 3.14. The number of imidazole rings is 1. The number of rotatable bonds is 8. The van der Waals surface area contributed by atoms with E-state index in [0.717, 1.165) is 17.9 Å². The molecule has 1 heterocycles. The van der Waals surface area contributed by atoms with Gasteiger partial charge in [0.05, 0.1) is 25.0 Å². The lowest BCUT2D eigenvalue weighted by Crippen LogP contribution is -2.24. The summed E-state index contributed by atoms with van der Waals surface area (Å²) in [7, 11) is 1.59. The molecule has 3 rings (SSSR count). The van der Waals surface area contributed by atoms with Crippen LogP contribution in [0.15, 0.2) is 61.2 Å². The van der Waals surface area contributed by atoms with E-state index >= 15 is 0 Å². The Labute approximate surface area is 163 Å². The third kappa shape index (κ3) is 4.93. The average molecular weight is 391 g/mol. The van der Waals surface area contributed by atoms with E-state index in [2.05, 4.69) is 4.98 Å². The van der Waals surface area contributed by atoms with Gasteiger partial charge in [-0.05, 0) is 42.7 Å². The van der Waals surface area contributed by atoms with Crippen molar-refractivity contribution in [2.24, 2.45) is 0 Å². The van der Waals surface area contributed by atoms with E-state index in [1.54, 1.807) is 25.7 Å². The third-order valence-corrected chi connectivity index (χ3v) is 4.62. The summed E-state index contributed by atoms with van der Waals surface area (Å²) in [6.07, 6.45) is 7.11. The number of para-hydroxylation sites is 1. The minimum absolute atomic E-state index is 0.0627. The number of aryl methyl sites for hydroxylation is 1. The minimum atomic E-state index is -0.0627. The topological polar surface area (TPSA) is 36.3 Å². The van der Waals surface area contributed by atoms with Crippen molar-refractivity contribution in [3.05, 3.63) is 76.8 Å². The molecule has 136 valence electrons. The van der Waals surface area contributed by atoms with Crippen LogP contribution in [0.4, 0.5) is 0 Å². The highest BCUT2D eigenvalue weighted by Crippen LogP contribution is 2.35. The maximum atomic E-state index is 6.25. The van der Waals surface area contributed by atoms with Gasteiger partial charge in [0.25, 0.3) is 0 Å². The SMILES string of the molecule is COc1c(Cl)cccc1OC(CCc1ccc(Cl)cc1)Cn1ccnc1. The fourth-order valence-electron chi connectivity index (χ4n) is 2.76. The first-order valence-corrected chi connectivity index (χ1v) is 9.10. The van der Waals surface area contributed by atoms with Gasteiger partial charge in [-0.2, -0.15) is 0 Å². The first-order valence-electron chi connectivity index (χ1n) is 8.35. The highest BCUT2D eigenvalue weighted by Gasteiger charge is 2.16. The lowest BCUT2D eigenvalue weighted by atomic mass is 10.1. The van der Waals surface area contributed by atoms with Gasteiger partial charge in [-0.3, -0.25) is 0 Å². The molecule has 0 aliphatic rings. The van der Waals surface area contributed by atoms with Crippen LogP contribution < -0.4 is 9.47 Å². The van der Waals surface area contributed by atoms with E-state index in [1.165, 1.54) is 5.56 Å². The summed E-state index contributed by atoms with van der Waals surface area (Å²) in [4.78, 5) is 4.11. The van der Waals surface area contributed by atoms with E-state index in [-0.39, 0.29) is 6.10 Å². The maximum Gasteiger partial charge on any atom is 0.179 e. The van der Waals surface area contributed by atoms with Crippen LogP contribution >= 0.6 is 23.2 Å². The zero-order chi connectivity index (χ0) is 18.4. The molecule has 6 heteroatoms. The molecule has 2 aromatic carbocycles. The van der Waals surface area contributed by atoms with Crippen LogP contribution in [0.5, 0.6) is 11.5 Å². The Kier molecular flexibility index (Phi) is 6.42. The molecule has 0 fully saturated rings. The first-order chi connectivity index (χ1) is 12.7. The van der Waals surface area contributed by atoms with Gasteiger partial charge in [-0.1, -0.05) is 41.4 Å². The molecule has 0 aliphatic carbocycles. The molecule has 1 unspecified atom stereocenters. The summed E-state index contributed by atoms with van der Waals surface area (Å²) < 4.78 is 13.7. The molecule has 4 nitrogen and oxygen atoms in total. The van der Waals surface area contributed by atoms with E-state index < -0.39 is 0 Å². The molecule has 0 saturated carbocycles. The third-order valence-electron chi connectivity index (χ3n) is 4.07. The molecule has 0 aliphatic heterocycles. The normalized spacial score (nSPS) is 12.0. The quantitative estimate of drug-likeness (QED) is 0.524. The standard InChI is InChI=1S/C20H20Cl2N2O2/c1-25-20-18(22)3-2-4-19(20)26-17(13-24-12-11-23-14-24)10-7-15-5-8-16(21)9-6-15/h2-6,8-9,11-12,14,17H,7,10,13H2,1H3. The molecule has 0 amide bonds. The Morgan fingerprint density at radius 2 is 1.92 bits per heavy atom. The van der Waals surface area contributed by atoms with E-state index in [1.807, 2.05) is 47.2 Å². The summed E-state index contributed by atoms with van der Waals surface area (Å²) in [5.74, 6) is 1.19. The van der Waals surface area contributed by atoms with Crippen molar-refractivity contribution in [2.75, 3.05) is 7.11 Å². The van der Waals surface area contributed by atoms with Gasteiger partial charge in [0.2, 0.25) is 0 Å². The van der Waals surface area contributed by atoms with Gasteiger partial charge in [0, 0.05) is 17.4 Å². The molecule has 0 N–H and O–H groups in total. The molecule has 26 heavy (non-hydrogen) atoms. The highest BCUT2D eigenvalue weighted by molar-refractivity contribution is 6.32. The van der Waals surface area contributed by atoms with E-state index in [4.69, 9.17) is 32.7 Å². The van der Waals surface area contributed by atoms with Crippen molar-refractivity contribution in [3.8, 4) is 11.5 Å². The fraction of sp³-hybridized carbons (Fsp3) is 0.250. The zero-order valence-electron chi connectivity index (χ0n) is 14.4. The predicted molar refractivity (Wildman–Crippen MR) is 104 cm³/mol. The lowest BCUT2D eigenvalue weighted by Gasteiger charge is -2.21. The molecule has 3 aromatic rings. The Bertz CT molecular complexity index is 820. The van der Waals surface area contributed by atoms with Gasteiger partial charge in [0.15, 0.2) is 11.5 Å². The lowest BCUT2D eigenvalue weighted by molar-refractivity contribution is 0.164. The summed E-state index contributed by atoms with van der Waals surface area (Å²) in [5, 5.41) is 1.27. The number of methoxy groups -OCH3 is 1. The second-order valence-electron chi connectivity index (χ2n) is 5.94. The molecular weight excluding hydrogens is 371 g/mol. The predicted octanol–water partition coefficient (Wildman–Crippen LogP) is 5.28. The van der Waals surface area contributed by atoms with E-state index in [0.29, 0.717) is 23.1 Å². The number of aromatic nitrogens is 2. The molecule has 1 aromatic heterocycles. The van der Waals surface area contributed by atoms with Gasteiger partial charge < -0.3 is 14.0 Å². The Morgan fingerprint density at radius 3 is 2.62 bits per heavy atom. The van der Waals surface area contributed by atoms with Crippen LogP contribution in [0.2, 0.25) is 10.0 Å². The first kappa shape index (κ1) is 18.6. The van der Waals surface area contributed by atoms with Gasteiger partial charge in [-0.25, -0.2) is 4.98 Å². The largest absolute Gasteiger partial charge is 0.491 e. The summed E-state index contributed by atoms with van der Waals surface area (Å²) in [5.41, 5.74) is 1.21. The van der Waals surface area contributed by atoms with Crippen LogP contribution in [0, 0.1) is 0 Å². The van der Waals surface area contributed by atoms with Crippen LogP contribution in [0.25, 0.3) is 0 Å². The molecule has 1 atom stereocenters. The molecule has 0 bridgehead atoms. The smallest absolute Gasteiger partial charge is 0.179 e. The monoisotopic (exact) mass is 390 g/mol. The van der Waals surface area contributed by atoms with Crippen molar-refractivity contribution in [2.45, 2.75) is 25.5 Å². The van der Waals surface area contributed by atoms with E-state index in [9.17, 15) is 0 Å². The van der Waals surface area contributed by atoms with Crippen molar-refractivity contribution in [3.63, 3.8) is 0 Å². The number of nitrogens with zero attached hydrogens (tertiary/aromatic N) is 2. The van der Waals surface area contributed by atoms with Crippen LogP contribution in [0.3, 0.4) is 0 Å². The Hall–Kier alpha value is -2.17. The summed E-state index contributed by atoms with van der Waals surface area (Å²) >= 11 is 12.2. The second-order valence-corrected chi connectivity index (χ2v) is 6.78. The van der Waals surface area contributed by atoms with Crippen molar-refractivity contribution in [1.82, 2.24) is 9.55 Å². The Morgan fingerprint density at radius 1 is 1.12 bits per heavy atom. The molecule has 0 radical (unpaired) electrons. The summed E-state index contributed by atoms with van der Waals surface area (Å²) in [6.45, 7) is 0.684.